The second-order valence-electron chi connectivity index (χ2n) is 6.32. The van der Waals surface area contributed by atoms with Crippen LogP contribution in [0.5, 0.6) is 0 Å². The number of aliphatic hydroxyl groups is 1. The highest BCUT2D eigenvalue weighted by atomic mass is 16.3. The molecule has 0 saturated carbocycles. The molecule has 2 rings (SSSR count). The third kappa shape index (κ3) is 3.30. The predicted molar refractivity (Wildman–Crippen MR) is 89.4 cm³/mol. The van der Waals surface area contributed by atoms with Crippen molar-refractivity contribution in [2.24, 2.45) is 5.92 Å². The molecule has 2 aromatic rings. The lowest BCUT2D eigenvalue weighted by Crippen LogP contribution is -2.18. The number of benzene rings is 1. The summed E-state index contributed by atoms with van der Waals surface area (Å²) in [4.78, 5) is 12.7. The van der Waals surface area contributed by atoms with Crippen molar-refractivity contribution in [3.63, 3.8) is 0 Å². The van der Waals surface area contributed by atoms with Crippen LogP contribution >= 0.6 is 0 Å². The van der Waals surface area contributed by atoms with Gasteiger partial charge in [0.2, 0.25) is 0 Å². The molecule has 0 aliphatic carbocycles. The molecule has 22 heavy (non-hydrogen) atoms. The van der Waals surface area contributed by atoms with E-state index in [1.54, 1.807) is 0 Å². The number of rotatable bonds is 6. The molecule has 3 heteroatoms. The van der Waals surface area contributed by atoms with E-state index in [2.05, 4.69) is 18.4 Å². The second-order valence-corrected chi connectivity index (χ2v) is 6.32. The zero-order chi connectivity index (χ0) is 16.3. The maximum atomic E-state index is 12.7. The van der Waals surface area contributed by atoms with Gasteiger partial charge in [-0.05, 0) is 32.3 Å². The minimum atomic E-state index is 0.0253. The highest BCUT2D eigenvalue weighted by Crippen LogP contribution is 2.26. The zero-order valence-electron chi connectivity index (χ0n) is 13.8. The van der Waals surface area contributed by atoms with Gasteiger partial charge in [-0.15, -0.1) is 0 Å². The number of nitrogens with zero attached hydrogens (tertiary/aromatic N) is 1. The summed E-state index contributed by atoms with van der Waals surface area (Å²) >= 11 is 0. The monoisotopic (exact) mass is 299 g/mol. The van der Waals surface area contributed by atoms with Crippen molar-refractivity contribution in [1.29, 1.82) is 0 Å². The Morgan fingerprint density at radius 1 is 1.18 bits per heavy atom. The molecule has 0 aliphatic heterocycles. The summed E-state index contributed by atoms with van der Waals surface area (Å²) in [6.45, 7) is 8.34. The summed E-state index contributed by atoms with van der Waals surface area (Å²) in [5.41, 5.74) is 3.39. The van der Waals surface area contributed by atoms with Crippen LogP contribution in [0.25, 0.3) is 0 Å². The Balaban J connectivity index is 2.40. The van der Waals surface area contributed by atoms with E-state index in [9.17, 15) is 9.90 Å². The number of aromatic nitrogens is 1. The van der Waals surface area contributed by atoms with E-state index in [0.717, 1.165) is 23.4 Å². The first kappa shape index (κ1) is 16.5. The van der Waals surface area contributed by atoms with E-state index in [1.807, 2.05) is 50.2 Å². The molecule has 0 bridgehead atoms. The lowest BCUT2D eigenvalue weighted by molar-refractivity contribution is 0.103. The van der Waals surface area contributed by atoms with Gasteiger partial charge in [0.25, 0.3) is 0 Å². The van der Waals surface area contributed by atoms with Crippen LogP contribution in [-0.4, -0.2) is 22.1 Å². The van der Waals surface area contributed by atoms with Gasteiger partial charge in [0, 0.05) is 22.5 Å². The average molecular weight is 299 g/mol. The summed E-state index contributed by atoms with van der Waals surface area (Å²) in [6.07, 6.45) is 0.895. The first-order chi connectivity index (χ1) is 10.5. The van der Waals surface area contributed by atoms with E-state index < -0.39 is 0 Å². The molecular weight excluding hydrogens is 274 g/mol. The topological polar surface area (TPSA) is 42.2 Å². The van der Waals surface area contributed by atoms with Gasteiger partial charge in [-0.3, -0.25) is 4.79 Å². The molecule has 0 spiro atoms. The van der Waals surface area contributed by atoms with Crippen LogP contribution < -0.4 is 0 Å². The number of ketones is 1. The number of carbonyl (C=O) groups excluding carboxylic acids is 1. The Morgan fingerprint density at radius 2 is 1.82 bits per heavy atom. The molecule has 0 aliphatic rings. The molecule has 3 nitrogen and oxygen atoms in total. The minimum Gasteiger partial charge on any atom is -0.394 e. The second kappa shape index (κ2) is 6.93. The lowest BCUT2D eigenvalue weighted by Gasteiger charge is -2.22. The Bertz CT molecular complexity index is 641. The molecule has 0 saturated heterocycles. The Morgan fingerprint density at radius 3 is 2.36 bits per heavy atom. The van der Waals surface area contributed by atoms with E-state index in [-0.39, 0.29) is 18.4 Å². The fraction of sp³-hybridized carbons (Fsp3) is 0.421. The molecule has 1 N–H and O–H groups in total. The minimum absolute atomic E-state index is 0.0253. The highest BCUT2D eigenvalue weighted by Gasteiger charge is 2.21. The van der Waals surface area contributed by atoms with Crippen molar-refractivity contribution in [2.45, 2.75) is 40.2 Å². The van der Waals surface area contributed by atoms with Gasteiger partial charge in [-0.1, -0.05) is 44.2 Å². The van der Waals surface area contributed by atoms with Crippen molar-refractivity contribution in [3.8, 4) is 0 Å². The van der Waals surface area contributed by atoms with Crippen LogP contribution in [0.1, 0.15) is 53.6 Å². The standard InChI is InChI=1S/C19H25NO2/c1-13(2)10-17(12-21)20-14(3)11-18(15(20)4)19(22)16-8-6-5-7-9-16/h5-9,11,13,17,21H,10,12H2,1-4H3. The van der Waals surface area contributed by atoms with E-state index in [4.69, 9.17) is 0 Å². The van der Waals surface area contributed by atoms with Gasteiger partial charge in [0.05, 0.1) is 12.6 Å². The molecule has 1 aromatic heterocycles. The molecule has 1 unspecified atom stereocenters. The van der Waals surface area contributed by atoms with E-state index >= 15 is 0 Å². The number of hydrogen-bond acceptors (Lipinski definition) is 2. The molecular formula is C19H25NO2. The van der Waals surface area contributed by atoms with Gasteiger partial charge in [-0.25, -0.2) is 0 Å². The molecule has 0 amide bonds. The van der Waals surface area contributed by atoms with Crippen LogP contribution in [0.15, 0.2) is 36.4 Å². The molecule has 0 radical (unpaired) electrons. The lowest BCUT2D eigenvalue weighted by atomic mass is 10.0. The van der Waals surface area contributed by atoms with Crippen LogP contribution in [0.4, 0.5) is 0 Å². The fourth-order valence-electron chi connectivity index (χ4n) is 3.12. The highest BCUT2D eigenvalue weighted by molar-refractivity contribution is 6.09. The SMILES string of the molecule is Cc1cc(C(=O)c2ccccc2)c(C)n1C(CO)CC(C)C. The Labute approximate surface area is 132 Å². The summed E-state index contributed by atoms with van der Waals surface area (Å²) in [7, 11) is 0. The first-order valence-corrected chi connectivity index (χ1v) is 7.84. The number of hydrogen-bond donors (Lipinski definition) is 1. The van der Waals surface area contributed by atoms with Gasteiger partial charge in [0.1, 0.15) is 0 Å². The quantitative estimate of drug-likeness (QED) is 0.822. The molecule has 118 valence electrons. The Hall–Kier alpha value is -1.87. The van der Waals surface area contributed by atoms with E-state index in [1.165, 1.54) is 0 Å². The van der Waals surface area contributed by atoms with Crippen molar-refractivity contribution < 1.29 is 9.90 Å². The summed E-state index contributed by atoms with van der Waals surface area (Å²) in [6, 6.07) is 11.3. The van der Waals surface area contributed by atoms with Gasteiger partial charge < -0.3 is 9.67 Å². The maximum Gasteiger partial charge on any atom is 0.194 e. The van der Waals surface area contributed by atoms with Crippen LogP contribution in [0.2, 0.25) is 0 Å². The van der Waals surface area contributed by atoms with Crippen LogP contribution in [0.3, 0.4) is 0 Å². The van der Waals surface area contributed by atoms with Crippen LogP contribution in [-0.2, 0) is 0 Å². The normalized spacial score (nSPS) is 12.6. The number of aliphatic hydroxyl groups excluding tert-OH is 1. The molecule has 0 fully saturated rings. The van der Waals surface area contributed by atoms with E-state index in [0.29, 0.717) is 11.5 Å². The third-order valence-electron chi connectivity index (χ3n) is 4.08. The Kier molecular flexibility index (Phi) is 5.19. The van der Waals surface area contributed by atoms with Crippen molar-refractivity contribution in [3.05, 3.63) is 58.9 Å². The molecule has 1 atom stereocenters. The first-order valence-electron chi connectivity index (χ1n) is 7.84. The predicted octanol–water partition coefficient (Wildman–Crippen LogP) is 3.92. The number of carbonyl (C=O) groups is 1. The van der Waals surface area contributed by atoms with Gasteiger partial charge in [-0.2, -0.15) is 0 Å². The van der Waals surface area contributed by atoms with Gasteiger partial charge in [0.15, 0.2) is 5.78 Å². The molecule has 1 aromatic carbocycles. The smallest absolute Gasteiger partial charge is 0.194 e. The number of aryl methyl sites for hydroxylation is 1. The maximum absolute atomic E-state index is 12.7. The van der Waals surface area contributed by atoms with Crippen molar-refractivity contribution in [1.82, 2.24) is 4.57 Å². The van der Waals surface area contributed by atoms with Crippen molar-refractivity contribution in [2.75, 3.05) is 6.61 Å². The van der Waals surface area contributed by atoms with Crippen molar-refractivity contribution >= 4 is 5.78 Å². The fourth-order valence-corrected chi connectivity index (χ4v) is 3.12. The zero-order valence-corrected chi connectivity index (χ0v) is 13.8. The van der Waals surface area contributed by atoms with Gasteiger partial charge >= 0.3 is 0 Å². The average Bonchev–Trinajstić information content (AvgIpc) is 2.80. The largest absolute Gasteiger partial charge is 0.394 e. The van der Waals surface area contributed by atoms with Crippen LogP contribution in [0, 0.1) is 19.8 Å². The summed E-state index contributed by atoms with van der Waals surface area (Å²) in [5, 5.41) is 9.74. The summed E-state index contributed by atoms with van der Waals surface area (Å²) < 4.78 is 2.11. The summed E-state index contributed by atoms with van der Waals surface area (Å²) in [5.74, 6) is 0.535. The third-order valence-corrected chi connectivity index (χ3v) is 4.08. The molecule has 1 heterocycles.